The molecule has 2 aromatic rings. The van der Waals surface area contributed by atoms with Crippen LogP contribution in [0.4, 0.5) is 0 Å². The zero-order valence-corrected chi connectivity index (χ0v) is 15.6. The second-order valence-corrected chi connectivity index (χ2v) is 7.03. The molecule has 0 spiro atoms. The first-order valence-corrected chi connectivity index (χ1v) is 9.53. The van der Waals surface area contributed by atoms with Crippen molar-refractivity contribution in [3.05, 3.63) is 24.3 Å². The van der Waals surface area contributed by atoms with Gasteiger partial charge in [-0.15, -0.1) is 0 Å². The third kappa shape index (κ3) is 5.53. The number of para-hydroxylation sites is 2. The summed E-state index contributed by atoms with van der Waals surface area (Å²) in [4.78, 5) is 16.6. The van der Waals surface area contributed by atoms with Gasteiger partial charge in [-0.2, -0.15) is 0 Å². The molecule has 0 saturated carbocycles. The van der Waals surface area contributed by atoms with E-state index < -0.39 is 0 Å². The summed E-state index contributed by atoms with van der Waals surface area (Å²) in [6, 6.07) is 8.06. The maximum atomic E-state index is 12.0. The number of hydrogen-bond donors (Lipinski definition) is 1. The number of nitrogens with zero attached hydrogens (tertiary/aromatic N) is 2. The number of nitrogens with one attached hydrogen (secondary N) is 1. The molecule has 132 valence electrons. The minimum absolute atomic E-state index is 0.0403. The van der Waals surface area contributed by atoms with Gasteiger partial charge in [-0.3, -0.25) is 4.79 Å². The van der Waals surface area contributed by atoms with E-state index >= 15 is 0 Å². The quantitative estimate of drug-likeness (QED) is 0.528. The van der Waals surface area contributed by atoms with Crippen molar-refractivity contribution in [2.24, 2.45) is 5.92 Å². The Hall–Kier alpha value is -1.53. The van der Waals surface area contributed by atoms with Gasteiger partial charge in [0, 0.05) is 26.3 Å². The van der Waals surface area contributed by atoms with Gasteiger partial charge in [-0.05, 0) is 31.4 Å². The lowest BCUT2D eigenvalue weighted by Crippen LogP contribution is -2.27. The zero-order valence-electron chi connectivity index (χ0n) is 14.7. The number of thioether (sulfide) groups is 1. The molecule has 0 atom stereocenters. The van der Waals surface area contributed by atoms with Crippen LogP contribution >= 0.6 is 11.8 Å². The number of carbonyl (C=O) groups excluding carboxylic acids is 1. The van der Waals surface area contributed by atoms with Crippen molar-refractivity contribution in [3.8, 4) is 0 Å². The van der Waals surface area contributed by atoms with Crippen LogP contribution in [0.25, 0.3) is 11.0 Å². The number of aryl methyl sites for hydroxylation is 1. The first-order valence-electron chi connectivity index (χ1n) is 8.54. The van der Waals surface area contributed by atoms with Gasteiger partial charge >= 0.3 is 0 Å². The van der Waals surface area contributed by atoms with Crippen LogP contribution in [0.15, 0.2) is 29.4 Å². The minimum Gasteiger partial charge on any atom is -0.381 e. The smallest absolute Gasteiger partial charge is 0.230 e. The number of rotatable bonds is 10. The Kier molecular flexibility index (Phi) is 7.59. The lowest BCUT2D eigenvalue weighted by atomic mass is 10.2. The molecule has 1 aromatic carbocycles. The Bertz CT molecular complexity index is 655. The van der Waals surface area contributed by atoms with E-state index in [1.54, 1.807) is 0 Å². The van der Waals surface area contributed by atoms with E-state index in [9.17, 15) is 4.79 Å². The van der Waals surface area contributed by atoms with Crippen LogP contribution in [0, 0.1) is 5.92 Å². The van der Waals surface area contributed by atoms with Crippen LogP contribution < -0.4 is 5.32 Å². The van der Waals surface area contributed by atoms with E-state index in [1.807, 2.05) is 18.2 Å². The Morgan fingerprint density at radius 3 is 2.92 bits per heavy atom. The highest BCUT2D eigenvalue weighted by molar-refractivity contribution is 7.99. The average Bonchev–Trinajstić information content (AvgIpc) is 2.93. The van der Waals surface area contributed by atoms with Crippen molar-refractivity contribution in [1.29, 1.82) is 0 Å². The van der Waals surface area contributed by atoms with Gasteiger partial charge in [0.05, 0.1) is 16.8 Å². The van der Waals surface area contributed by atoms with Crippen molar-refractivity contribution in [3.63, 3.8) is 0 Å². The molecule has 0 aliphatic rings. The molecule has 0 radical (unpaired) electrons. The van der Waals surface area contributed by atoms with Crippen molar-refractivity contribution in [2.75, 3.05) is 25.5 Å². The number of benzene rings is 1. The highest BCUT2D eigenvalue weighted by Crippen LogP contribution is 2.23. The summed E-state index contributed by atoms with van der Waals surface area (Å²) in [6.07, 6.45) is 0.844. The average molecular weight is 350 g/mol. The van der Waals surface area contributed by atoms with E-state index in [1.165, 1.54) is 11.8 Å². The predicted octanol–water partition coefficient (Wildman–Crippen LogP) is 3.33. The fourth-order valence-electron chi connectivity index (χ4n) is 2.37. The number of fused-ring (bicyclic) bond motifs is 1. The Labute approximate surface area is 148 Å². The van der Waals surface area contributed by atoms with Crippen molar-refractivity contribution < 1.29 is 9.53 Å². The van der Waals surface area contributed by atoms with Crippen molar-refractivity contribution >= 4 is 28.7 Å². The Balaban J connectivity index is 1.74. The fraction of sp³-hybridized carbons (Fsp3) is 0.556. The Morgan fingerprint density at radius 2 is 2.17 bits per heavy atom. The van der Waals surface area contributed by atoms with Gasteiger partial charge < -0.3 is 14.6 Å². The van der Waals surface area contributed by atoms with Gasteiger partial charge in [-0.1, -0.05) is 37.7 Å². The third-order valence-electron chi connectivity index (χ3n) is 3.51. The van der Waals surface area contributed by atoms with Crippen LogP contribution in [0.3, 0.4) is 0 Å². The van der Waals surface area contributed by atoms with E-state index in [4.69, 9.17) is 4.74 Å². The molecule has 1 heterocycles. The monoisotopic (exact) mass is 349 g/mol. The molecule has 1 amide bonds. The first kappa shape index (κ1) is 18.8. The zero-order chi connectivity index (χ0) is 17.4. The van der Waals surface area contributed by atoms with Crippen LogP contribution in [0.2, 0.25) is 0 Å². The van der Waals surface area contributed by atoms with Gasteiger partial charge in [-0.25, -0.2) is 4.98 Å². The molecule has 1 N–H and O–H groups in total. The summed E-state index contributed by atoms with van der Waals surface area (Å²) in [6.45, 7) is 9.31. The second kappa shape index (κ2) is 9.69. The molecule has 5 nitrogen and oxygen atoms in total. The molecule has 0 unspecified atom stereocenters. The molecule has 0 aliphatic carbocycles. The second-order valence-electron chi connectivity index (χ2n) is 6.09. The van der Waals surface area contributed by atoms with Gasteiger partial charge in [0.2, 0.25) is 5.91 Å². The molecule has 0 fully saturated rings. The standard InChI is InChI=1S/C18H27N3O2S/c1-4-21-16-9-6-5-8-15(16)20-18(21)24-13-17(22)19-10-7-11-23-12-14(2)3/h5-6,8-9,14H,4,7,10-13H2,1-3H3,(H,19,22). The van der Waals surface area contributed by atoms with E-state index in [0.717, 1.165) is 35.8 Å². The van der Waals surface area contributed by atoms with Crippen LogP contribution in [0.1, 0.15) is 27.2 Å². The SMILES string of the molecule is CCn1c(SCC(=O)NCCCOCC(C)C)nc2ccccc21. The molecule has 0 aliphatic heterocycles. The molecule has 24 heavy (non-hydrogen) atoms. The summed E-state index contributed by atoms with van der Waals surface area (Å²) in [5.41, 5.74) is 2.09. The fourth-order valence-corrected chi connectivity index (χ4v) is 3.28. The lowest BCUT2D eigenvalue weighted by molar-refractivity contribution is -0.118. The lowest BCUT2D eigenvalue weighted by Gasteiger charge is -2.08. The molecular weight excluding hydrogens is 322 g/mol. The van der Waals surface area contributed by atoms with Crippen LogP contribution in [0.5, 0.6) is 0 Å². The van der Waals surface area contributed by atoms with Crippen LogP contribution in [-0.2, 0) is 16.1 Å². The highest BCUT2D eigenvalue weighted by atomic mass is 32.2. The summed E-state index contributed by atoms with van der Waals surface area (Å²) < 4.78 is 7.65. The van der Waals surface area contributed by atoms with E-state index in [2.05, 4.69) is 41.7 Å². The maximum absolute atomic E-state index is 12.0. The molecule has 1 aromatic heterocycles. The van der Waals surface area contributed by atoms with Crippen LogP contribution in [-0.4, -0.2) is 41.0 Å². The predicted molar refractivity (Wildman–Crippen MR) is 99.4 cm³/mol. The molecule has 6 heteroatoms. The molecular formula is C18H27N3O2S. The molecule has 0 saturated heterocycles. The largest absolute Gasteiger partial charge is 0.381 e. The van der Waals surface area contributed by atoms with Gasteiger partial charge in [0.15, 0.2) is 5.16 Å². The maximum Gasteiger partial charge on any atom is 0.230 e. The highest BCUT2D eigenvalue weighted by Gasteiger charge is 2.11. The number of hydrogen-bond acceptors (Lipinski definition) is 4. The van der Waals surface area contributed by atoms with Gasteiger partial charge in [0.25, 0.3) is 0 Å². The number of carbonyl (C=O) groups is 1. The third-order valence-corrected chi connectivity index (χ3v) is 4.48. The summed E-state index contributed by atoms with van der Waals surface area (Å²) >= 11 is 1.49. The molecule has 2 rings (SSSR count). The Morgan fingerprint density at radius 1 is 1.38 bits per heavy atom. The number of ether oxygens (including phenoxy) is 1. The minimum atomic E-state index is 0.0403. The van der Waals surface area contributed by atoms with Gasteiger partial charge in [0.1, 0.15) is 0 Å². The number of amides is 1. The summed E-state index contributed by atoms with van der Waals surface area (Å²) in [7, 11) is 0. The van der Waals surface area contributed by atoms with E-state index in [0.29, 0.717) is 24.8 Å². The normalized spacial score (nSPS) is 11.3. The van der Waals surface area contributed by atoms with Crippen molar-refractivity contribution in [2.45, 2.75) is 38.9 Å². The summed E-state index contributed by atoms with van der Waals surface area (Å²) in [5, 5.41) is 3.83. The molecule has 0 bridgehead atoms. The number of imidazole rings is 1. The summed E-state index contributed by atoms with van der Waals surface area (Å²) in [5.74, 6) is 0.975. The van der Waals surface area contributed by atoms with E-state index in [-0.39, 0.29) is 5.91 Å². The first-order chi connectivity index (χ1) is 11.6. The number of aromatic nitrogens is 2. The topological polar surface area (TPSA) is 56.2 Å². The van der Waals surface area contributed by atoms with Crippen molar-refractivity contribution in [1.82, 2.24) is 14.9 Å².